The summed E-state index contributed by atoms with van der Waals surface area (Å²) in [4.78, 5) is 1.98. The Morgan fingerprint density at radius 2 is 2.12 bits per heavy atom. The lowest BCUT2D eigenvalue weighted by Crippen LogP contribution is -2.28. The van der Waals surface area contributed by atoms with Crippen molar-refractivity contribution in [3.05, 3.63) is 15.9 Å². The molecule has 0 saturated carbocycles. The zero-order chi connectivity index (χ0) is 12.3. The Kier molecular flexibility index (Phi) is 4.95. The van der Waals surface area contributed by atoms with E-state index in [1.54, 1.807) is 0 Å². The molecule has 0 fully saturated rings. The van der Waals surface area contributed by atoms with E-state index in [-0.39, 0.29) is 6.10 Å². The van der Waals surface area contributed by atoms with E-state index in [9.17, 15) is 5.11 Å². The maximum Gasteiger partial charge on any atom is 0.0738 e. The monoisotopic (exact) mass is 289 g/mol. The number of aryl methyl sites for hydroxylation is 2. The smallest absolute Gasteiger partial charge is 0.0738 e. The van der Waals surface area contributed by atoms with Crippen molar-refractivity contribution in [3.8, 4) is 0 Å². The molecule has 0 aliphatic heterocycles. The van der Waals surface area contributed by atoms with Gasteiger partial charge in [0.05, 0.1) is 22.0 Å². The van der Waals surface area contributed by atoms with Gasteiger partial charge in [0.15, 0.2) is 0 Å². The molecule has 0 aromatic carbocycles. The van der Waals surface area contributed by atoms with Crippen LogP contribution < -0.4 is 0 Å². The fourth-order valence-electron chi connectivity index (χ4n) is 1.77. The van der Waals surface area contributed by atoms with Crippen molar-refractivity contribution in [1.29, 1.82) is 0 Å². The third-order valence-electron chi connectivity index (χ3n) is 2.46. The van der Waals surface area contributed by atoms with E-state index < -0.39 is 0 Å². The number of hydrogen-bond acceptors (Lipinski definition) is 3. The van der Waals surface area contributed by atoms with Gasteiger partial charge in [0, 0.05) is 19.5 Å². The second kappa shape index (κ2) is 5.80. The van der Waals surface area contributed by atoms with Gasteiger partial charge in [-0.15, -0.1) is 0 Å². The summed E-state index contributed by atoms with van der Waals surface area (Å²) in [6, 6.07) is 0. The van der Waals surface area contributed by atoms with Crippen molar-refractivity contribution in [2.45, 2.75) is 32.9 Å². The predicted molar refractivity (Wildman–Crippen MR) is 68.6 cm³/mol. The Bertz CT molecular complexity index is 349. The zero-order valence-corrected chi connectivity index (χ0v) is 12.0. The highest BCUT2D eigenvalue weighted by Crippen LogP contribution is 2.22. The van der Waals surface area contributed by atoms with E-state index in [0.717, 1.165) is 22.4 Å². The normalized spacial score (nSPS) is 13.4. The van der Waals surface area contributed by atoms with Crippen LogP contribution in [0.5, 0.6) is 0 Å². The number of hydrogen-bond donors (Lipinski definition) is 1. The molecule has 0 amide bonds. The van der Waals surface area contributed by atoms with Crippen LogP contribution >= 0.6 is 15.9 Å². The zero-order valence-electron chi connectivity index (χ0n) is 10.4. The molecule has 0 aliphatic rings. The quantitative estimate of drug-likeness (QED) is 0.892. The van der Waals surface area contributed by atoms with E-state index >= 15 is 0 Å². The van der Waals surface area contributed by atoms with Crippen LogP contribution in [0.1, 0.15) is 18.3 Å². The summed E-state index contributed by atoms with van der Waals surface area (Å²) >= 11 is 3.53. The standard InChI is InChI=1S/C11H20BrN3O/c1-5-15-10(11(12)8(2)13-15)6-9(16)7-14(3)4/h9,16H,5-7H2,1-4H3. The Hall–Kier alpha value is -0.390. The molecule has 1 unspecified atom stereocenters. The molecule has 4 nitrogen and oxygen atoms in total. The van der Waals surface area contributed by atoms with Gasteiger partial charge in [-0.25, -0.2) is 0 Å². The van der Waals surface area contributed by atoms with Crippen molar-refractivity contribution in [2.75, 3.05) is 20.6 Å². The molecule has 92 valence electrons. The molecule has 5 heteroatoms. The average molecular weight is 290 g/mol. The number of aromatic nitrogens is 2. The number of likely N-dealkylation sites (N-methyl/N-ethyl adjacent to an activating group) is 1. The highest BCUT2D eigenvalue weighted by Gasteiger charge is 2.16. The third-order valence-corrected chi connectivity index (χ3v) is 3.49. The van der Waals surface area contributed by atoms with Crippen molar-refractivity contribution in [3.63, 3.8) is 0 Å². The highest BCUT2D eigenvalue weighted by molar-refractivity contribution is 9.10. The van der Waals surface area contributed by atoms with Crippen LogP contribution in [0.3, 0.4) is 0 Å². The molecule has 1 atom stereocenters. The van der Waals surface area contributed by atoms with Crippen LogP contribution in [0, 0.1) is 6.92 Å². The van der Waals surface area contributed by atoms with Gasteiger partial charge in [-0.1, -0.05) is 0 Å². The fraction of sp³-hybridized carbons (Fsp3) is 0.727. The molecular formula is C11H20BrN3O. The molecule has 1 heterocycles. The molecule has 1 aromatic rings. The van der Waals surface area contributed by atoms with Crippen molar-refractivity contribution in [2.24, 2.45) is 0 Å². The molecule has 0 aliphatic carbocycles. The molecular weight excluding hydrogens is 270 g/mol. The first-order chi connectivity index (χ1) is 7.45. The largest absolute Gasteiger partial charge is 0.391 e. The lowest BCUT2D eigenvalue weighted by Gasteiger charge is -2.16. The first-order valence-corrected chi connectivity index (χ1v) is 6.29. The van der Waals surface area contributed by atoms with Gasteiger partial charge in [0.25, 0.3) is 0 Å². The first kappa shape index (κ1) is 13.7. The van der Waals surface area contributed by atoms with Crippen molar-refractivity contribution < 1.29 is 5.11 Å². The van der Waals surface area contributed by atoms with Crippen LogP contribution in [-0.4, -0.2) is 46.5 Å². The minimum atomic E-state index is -0.354. The summed E-state index contributed by atoms with van der Waals surface area (Å²) in [6.45, 7) is 5.52. The SMILES string of the molecule is CCn1nc(C)c(Br)c1CC(O)CN(C)C. The number of halogens is 1. The van der Waals surface area contributed by atoms with Gasteiger partial charge in [0.1, 0.15) is 0 Å². The molecule has 0 bridgehead atoms. The molecule has 0 radical (unpaired) electrons. The maximum absolute atomic E-state index is 9.92. The first-order valence-electron chi connectivity index (χ1n) is 5.50. The summed E-state index contributed by atoms with van der Waals surface area (Å²) in [6.07, 6.45) is 0.278. The average Bonchev–Trinajstić information content (AvgIpc) is 2.44. The van der Waals surface area contributed by atoms with Crippen LogP contribution in [0.25, 0.3) is 0 Å². The topological polar surface area (TPSA) is 41.3 Å². The van der Waals surface area contributed by atoms with E-state index in [1.165, 1.54) is 0 Å². The summed E-state index contributed by atoms with van der Waals surface area (Å²) in [5, 5.41) is 14.3. The predicted octanol–water partition coefficient (Wildman–Crippen LogP) is 1.44. The fourth-order valence-corrected chi connectivity index (χ4v) is 2.22. The van der Waals surface area contributed by atoms with Gasteiger partial charge in [-0.05, 0) is 43.9 Å². The van der Waals surface area contributed by atoms with Gasteiger partial charge in [0.2, 0.25) is 0 Å². The molecule has 1 rings (SSSR count). The minimum absolute atomic E-state index is 0.354. The van der Waals surface area contributed by atoms with Crippen molar-refractivity contribution >= 4 is 15.9 Å². The van der Waals surface area contributed by atoms with Gasteiger partial charge < -0.3 is 10.0 Å². The molecule has 1 aromatic heterocycles. The van der Waals surface area contributed by atoms with Crippen molar-refractivity contribution in [1.82, 2.24) is 14.7 Å². The Balaban J connectivity index is 2.79. The highest BCUT2D eigenvalue weighted by atomic mass is 79.9. The third kappa shape index (κ3) is 3.30. The van der Waals surface area contributed by atoms with Gasteiger partial charge in [-0.2, -0.15) is 5.10 Å². The number of aliphatic hydroxyl groups excluding tert-OH is 1. The number of nitrogens with zero attached hydrogens (tertiary/aromatic N) is 3. The number of aliphatic hydroxyl groups is 1. The lowest BCUT2D eigenvalue weighted by atomic mass is 10.2. The summed E-state index contributed by atoms with van der Waals surface area (Å²) in [5.41, 5.74) is 2.06. The number of rotatable bonds is 5. The van der Waals surface area contributed by atoms with Crippen LogP contribution in [0.15, 0.2) is 4.47 Å². The molecule has 16 heavy (non-hydrogen) atoms. The summed E-state index contributed by atoms with van der Waals surface area (Å²) in [7, 11) is 3.92. The van der Waals surface area contributed by atoms with Crippen LogP contribution in [-0.2, 0) is 13.0 Å². The van der Waals surface area contributed by atoms with Crippen LogP contribution in [0.4, 0.5) is 0 Å². The minimum Gasteiger partial charge on any atom is -0.391 e. The van der Waals surface area contributed by atoms with E-state index in [0.29, 0.717) is 13.0 Å². The van der Waals surface area contributed by atoms with Gasteiger partial charge in [-0.3, -0.25) is 4.68 Å². The maximum atomic E-state index is 9.92. The molecule has 1 N–H and O–H groups in total. The van der Waals surface area contributed by atoms with E-state index in [2.05, 4.69) is 28.0 Å². The molecule has 0 spiro atoms. The summed E-state index contributed by atoms with van der Waals surface area (Å²) in [5.74, 6) is 0. The Morgan fingerprint density at radius 1 is 1.50 bits per heavy atom. The molecule has 0 saturated heterocycles. The van der Waals surface area contributed by atoms with Gasteiger partial charge >= 0.3 is 0 Å². The van der Waals surface area contributed by atoms with E-state index in [1.807, 2.05) is 30.6 Å². The second-order valence-corrected chi connectivity index (χ2v) is 5.08. The summed E-state index contributed by atoms with van der Waals surface area (Å²) < 4.78 is 2.96. The second-order valence-electron chi connectivity index (χ2n) is 4.28. The Morgan fingerprint density at radius 3 is 2.62 bits per heavy atom. The lowest BCUT2D eigenvalue weighted by molar-refractivity contribution is 0.134. The van der Waals surface area contributed by atoms with E-state index in [4.69, 9.17) is 0 Å². The Labute approximate surface area is 105 Å². The van der Waals surface area contributed by atoms with Crippen LogP contribution in [0.2, 0.25) is 0 Å².